The highest BCUT2D eigenvalue weighted by atomic mass is 16.5. The highest BCUT2D eigenvalue weighted by Gasteiger charge is 2.22. The second kappa shape index (κ2) is 7.18. The van der Waals surface area contributed by atoms with E-state index in [0.29, 0.717) is 33.9 Å². The Morgan fingerprint density at radius 1 is 1.31 bits per heavy atom. The Morgan fingerprint density at radius 3 is 2.81 bits per heavy atom. The van der Waals surface area contributed by atoms with E-state index >= 15 is 0 Å². The molecule has 9 nitrogen and oxygen atoms in total. The van der Waals surface area contributed by atoms with Crippen LogP contribution in [0.4, 0.5) is 5.69 Å². The molecule has 0 aliphatic heterocycles. The summed E-state index contributed by atoms with van der Waals surface area (Å²) < 4.78 is 6.53. The fourth-order valence-electron chi connectivity index (χ4n) is 2.69. The number of rotatable bonds is 5. The molecule has 0 saturated heterocycles. The van der Waals surface area contributed by atoms with Crippen molar-refractivity contribution in [3.05, 3.63) is 53.1 Å². The Morgan fingerprint density at radius 2 is 2.12 bits per heavy atom. The number of esters is 1. The van der Waals surface area contributed by atoms with Gasteiger partial charge in [-0.05, 0) is 55.0 Å². The summed E-state index contributed by atoms with van der Waals surface area (Å²) in [5.74, 6) is -0.798. The van der Waals surface area contributed by atoms with Gasteiger partial charge in [-0.1, -0.05) is 6.07 Å². The number of aromatic amines is 1. The van der Waals surface area contributed by atoms with E-state index in [0.717, 1.165) is 0 Å². The van der Waals surface area contributed by atoms with Crippen LogP contribution in [0, 0.1) is 13.8 Å². The summed E-state index contributed by atoms with van der Waals surface area (Å²) in [7, 11) is 0. The van der Waals surface area contributed by atoms with E-state index in [9.17, 15) is 9.59 Å². The molecule has 9 heteroatoms. The SMILES string of the molecule is CCOC(=O)c1c(C)[nH]c(C(=O)Nc2cccc(-n3cnnn3)c2)c1C. The van der Waals surface area contributed by atoms with Crippen LogP contribution in [-0.4, -0.2) is 43.7 Å². The summed E-state index contributed by atoms with van der Waals surface area (Å²) in [6.07, 6.45) is 1.46. The normalized spacial score (nSPS) is 10.6. The van der Waals surface area contributed by atoms with Gasteiger partial charge in [-0.15, -0.1) is 5.10 Å². The average Bonchev–Trinajstić information content (AvgIpc) is 3.23. The lowest BCUT2D eigenvalue weighted by Gasteiger charge is -2.07. The lowest BCUT2D eigenvalue weighted by Crippen LogP contribution is -2.14. The molecule has 2 aromatic heterocycles. The Labute approximate surface area is 149 Å². The second-order valence-electron chi connectivity index (χ2n) is 5.60. The molecule has 0 atom stereocenters. The number of aromatic nitrogens is 5. The Kier molecular flexibility index (Phi) is 4.78. The quantitative estimate of drug-likeness (QED) is 0.678. The average molecular weight is 354 g/mol. The van der Waals surface area contributed by atoms with Gasteiger partial charge >= 0.3 is 5.97 Å². The maximum absolute atomic E-state index is 12.6. The summed E-state index contributed by atoms with van der Waals surface area (Å²) >= 11 is 0. The van der Waals surface area contributed by atoms with Gasteiger partial charge in [0.2, 0.25) is 0 Å². The van der Waals surface area contributed by atoms with Crippen LogP contribution in [0.15, 0.2) is 30.6 Å². The number of hydrogen-bond acceptors (Lipinski definition) is 6. The first-order valence-corrected chi connectivity index (χ1v) is 8.02. The predicted octanol–water partition coefficient (Wildman–Crippen LogP) is 2.04. The van der Waals surface area contributed by atoms with Crippen molar-refractivity contribution < 1.29 is 14.3 Å². The number of hydrogen-bond donors (Lipinski definition) is 2. The van der Waals surface area contributed by atoms with Gasteiger partial charge in [0.1, 0.15) is 12.0 Å². The molecule has 0 bridgehead atoms. The van der Waals surface area contributed by atoms with Gasteiger partial charge in [0.15, 0.2) is 0 Å². The van der Waals surface area contributed by atoms with Crippen LogP contribution in [0.3, 0.4) is 0 Å². The van der Waals surface area contributed by atoms with Crippen molar-refractivity contribution in [1.82, 2.24) is 25.2 Å². The van der Waals surface area contributed by atoms with E-state index in [1.807, 2.05) is 6.07 Å². The third-order valence-electron chi connectivity index (χ3n) is 3.86. The second-order valence-corrected chi connectivity index (χ2v) is 5.60. The maximum atomic E-state index is 12.6. The molecule has 0 fully saturated rings. The van der Waals surface area contributed by atoms with Crippen LogP contribution < -0.4 is 5.32 Å². The van der Waals surface area contributed by atoms with E-state index in [4.69, 9.17) is 4.74 Å². The number of ether oxygens (including phenoxy) is 1. The molecule has 2 N–H and O–H groups in total. The van der Waals surface area contributed by atoms with Crippen LogP contribution >= 0.6 is 0 Å². The van der Waals surface area contributed by atoms with Crippen molar-refractivity contribution in [3.8, 4) is 5.69 Å². The molecule has 1 amide bonds. The summed E-state index contributed by atoms with van der Waals surface area (Å²) in [5, 5.41) is 13.8. The Bertz CT molecular complexity index is 946. The van der Waals surface area contributed by atoms with Crippen molar-refractivity contribution in [2.45, 2.75) is 20.8 Å². The van der Waals surface area contributed by atoms with Gasteiger partial charge in [-0.2, -0.15) is 0 Å². The standard InChI is InChI=1S/C17H18N6O3/c1-4-26-17(25)14-10(2)15(19-11(14)3)16(24)20-12-6-5-7-13(8-12)23-9-18-21-22-23/h5-9,19H,4H2,1-3H3,(H,20,24). The number of carbonyl (C=O) groups excluding carboxylic acids is 2. The molecule has 0 saturated carbocycles. The maximum Gasteiger partial charge on any atom is 0.340 e. The number of amides is 1. The molecule has 0 aliphatic carbocycles. The minimum Gasteiger partial charge on any atom is -0.462 e. The molecule has 2 heterocycles. The number of benzene rings is 1. The number of nitrogens with zero attached hydrogens (tertiary/aromatic N) is 4. The molecular weight excluding hydrogens is 336 g/mol. The number of nitrogens with one attached hydrogen (secondary N) is 2. The van der Waals surface area contributed by atoms with Crippen molar-refractivity contribution in [2.75, 3.05) is 11.9 Å². The lowest BCUT2D eigenvalue weighted by atomic mass is 10.1. The van der Waals surface area contributed by atoms with Gasteiger partial charge in [0.25, 0.3) is 5.91 Å². The van der Waals surface area contributed by atoms with Crippen molar-refractivity contribution in [1.29, 1.82) is 0 Å². The summed E-state index contributed by atoms with van der Waals surface area (Å²) in [5.41, 5.74) is 3.13. The number of aryl methyl sites for hydroxylation is 1. The van der Waals surface area contributed by atoms with Gasteiger partial charge in [-0.3, -0.25) is 4.79 Å². The smallest absolute Gasteiger partial charge is 0.340 e. The molecule has 3 rings (SSSR count). The largest absolute Gasteiger partial charge is 0.462 e. The summed E-state index contributed by atoms with van der Waals surface area (Å²) in [6, 6.07) is 7.09. The van der Waals surface area contributed by atoms with E-state index in [1.54, 1.807) is 39.0 Å². The van der Waals surface area contributed by atoms with Crippen molar-refractivity contribution in [2.24, 2.45) is 0 Å². The number of H-pyrrole nitrogens is 1. The van der Waals surface area contributed by atoms with Crippen molar-refractivity contribution >= 4 is 17.6 Å². The zero-order chi connectivity index (χ0) is 18.7. The topological polar surface area (TPSA) is 115 Å². The monoisotopic (exact) mass is 354 g/mol. The molecule has 3 aromatic rings. The molecule has 1 aromatic carbocycles. The molecule has 0 spiro atoms. The lowest BCUT2D eigenvalue weighted by molar-refractivity contribution is 0.0525. The van der Waals surface area contributed by atoms with E-state index < -0.39 is 5.97 Å². The number of anilines is 1. The molecule has 0 unspecified atom stereocenters. The minimum absolute atomic E-state index is 0.272. The van der Waals surface area contributed by atoms with E-state index in [2.05, 4.69) is 25.8 Å². The predicted molar refractivity (Wildman–Crippen MR) is 93.3 cm³/mol. The molecule has 134 valence electrons. The third kappa shape index (κ3) is 3.32. The first-order valence-electron chi connectivity index (χ1n) is 8.02. The summed E-state index contributed by atoms with van der Waals surface area (Å²) in [4.78, 5) is 27.7. The summed E-state index contributed by atoms with van der Waals surface area (Å²) in [6.45, 7) is 5.45. The molecule has 26 heavy (non-hydrogen) atoms. The Balaban J connectivity index is 1.84. The number of carbonyl (C=O) groups is 2. The van der Waals surface area contributed by atoms with Gasteiger partial charge in [0, 0.05) is 11.4 Å². The highest BCUT2D eigenvalue weighted by Crippen LogP contribution is 2.21. The van der Waals surface area contributed by atoms with Gasteiger partial charge in [-0.25, -0.2) is 9.48 Å². The Hall–Kier alpha value is -3.49. The third-order valence-corrected chi connectivity index (χ3v) is 3.86. The molecule has 0 aliphatic rings. The fraction of sp³-hybridized carbons (Fsp3) is 0.235. The zero-order valence-electron chi connectivity index (χ0n) is 14.6. The van der Waals surface area contributed by atoms with Crippen LogP contribution in [0.1, 0.15) is 39.0 Å². The van der Waals surface area contributed by atoms with Crippen molar-refractivity contribution in [3.63, 3.8) is 0 Å². The van der Waals surface area contributed by atoms with Crippen LogP contribution in [0.5, 0.6) is 0 Å². The number of tetrazole rings is 1. The van der Waals surface area contributed by atoms with Crippen LogP contribution in [0.2, 0.25) is 0 Å². The van der Waals surface area contributed by atoms with Gasteiger partial charge in [0.05, 0.1) is 17.9 Å². The van der Waals surface area contributed by atoms with E-state index in [1.165, 1.54) is 11.0 Å². The first-order chi connectivity index (χ1) is 12.5. The molecular formula is C17H18N6O3. The van der Waals surface area contributed by atoms with Crippen LogP contribution in [0.25, 0.3) is 5.69 Å². The zero-order valence-corrected chi connectivity index (χ0v) is 14.6. The molecule has 0 radical (unpaired) electrons. The van der Waals surface area contributed by atoms with Crippen LogP contribution in [-0.2, 0) is 4.74 Å². The van der Waals surface area contributed by atoms with E-state index in [-0.39, 0.29) is 12.5 Å². The fourth-order valence-corrected chi connectivity index (χ4v) is 2.69. The first kappa shape index (κ1) is 17.3. The minimum atomic E-state index is -0.446. The highest BCUT2D eigenvalue weighted by molar-refractivity contribution is 6.06. The van der Waals surface area contributed by atoms with Gasteiger partial charge < -0.3 is 15.0 Å².